The molecule has 10 heteroatoms. The third kappa shape index (κ3) is 6.18. The van der Waals surface area contributed by atoms with Crippen LogP contribution in [0, 0.1) is 5.82 Å². The SMILES string of the molecule is COC(=O)C1CC(S(=O)(=O)CCCc2ccc(F)cc2)CN1C(=O)[CH]([Pb])[Pb]. The number of esters is 1. The number of likely N-dealkylation sites (tertiary alicyclic amines) is 1. The molecule has 1 saturated heterocycles. The van der Waals surface area contributed by atoms with Crippen molar-refractivity contribution < 1.29 is 27.1 Å². The molecule has 1 fully saturated rings. The fraction of sp³-hybridized carbons (Fsp3) is 0.529. The number of nitrogens with zero attached hydrogens (tertiary/aromatic N) is 1. The molecule has 1 aromatic carbocycles. The molecular formula is C17H20FNO5Pb2S. The first-order valence-electron chi connectivity index (χ1n) is 8.42. The van der Waals surface area contributed by atoms with Gasteiger partial charge in [-0.25, -0.2) is 4.39 Å². The van der Waals surface area contributed by atoms with Gasteiger partial charge in [-0.05, 0) is 0 Å². The van der Waals surface area contributed by atoms with Crippen molar-refractivity contribution in [1.29, 1.82) is 0 Å². The van der Waals surface area contributed by atoms with E-state index >= 15 is 0 Å². The zero-order valence-corrected chi connectivity index (χ0v) is 23.4. The van der Waals surface area contributed by atoms with Gasteiger partial charge in [-0.1, -0.05) is 0 Å². The molecule has 2 rings (SSSR count). The molecule has 144 valence electrons. The fourth-order valence-corrected chi connectivity index (χ4v) is 6.15. The summed E-state index contributed by atoms with van der Waals surface area (Å²) in [5.41, 5.74) is 0.872. The summed E-state index contributed by atoms with van der Waals surface area (Å²) in [5, 5.41) is -0.749. The normalized spacial score (nSPS) is 20.1. The van der Waals surface area contributed by atoms with E-state index in [9.17, 15) is 22.4 Å². The van der Waals surface area contributed by atoms with Crippen molar-refractivity contribution >= 4 is 73.2 Å². The molecule has 6 nitrogen and oxygen atoms in total. The number of hydrogen-bond donors (Lipinski definition) is 0. The number of methoxy groups -OCH3 is 1. The molecule has 0 aromatic heterocycles. The van der Waals surface area contributed by atoms with E-state index in [0.29, 0.717) is 64.4 Å². The Kier molecular flexibility index (Phi) is 8.64. The first-order valence-corrected chi connectivity index (χ1v) is 14.6. The van der Waals surface area contributed by atoms with Crippen LogP contribution in [-0.4, -0.2) is 107 Å². The zero-order valence-electron chi connectivity index (χ0n) is 14.9. The molecule has 2 unspecified atom stereocenters. The van der Waals surface area contributed by atoms with E-state index in [1.54, 1.807) is 12.1 Å². The van der Waals surface area contributed by atoms with Crippen LogP contribution < -0.4 is 0 Å². The molecule has 0 N–H and O–H groups in total. The topological polar surface area (TPSA) is 80.8 Å². The van der Waals surface area contributed by atoms with Gasteiger partial charge in [0, 0.05) is 0 Å². The second kappa shape index (κ2) is 10.1. The molecule has 1 heterocycles. The van der Waals surface area contributed by atoms with Crippen molar-refractivity contribution in [2.24, 2.45) is 0 Å². The first-order chi connectivity index (χ1) is 12.7. The summed E-state index contributed by atoms with van der Waals surface area (Å²) < 4.78 is 43.1. The average Bonchev–Trinajstić information content (AvgIpc) is 3.08. The van der Waals surface area contributed by atoms with Gasteiger partial charge < -0.3 is 0 Å². The number of carbonyl (C=O) groups is 2. The van der Waals surface area contributed by atoms with Crippen LogP contribution in [0.4, 0.5) is 4.39 Å². The molecule has 1 aromatic rings. The van der Waals surface area contributed by atoms with Gasteiger partial charge in [-0.3, -0.25) is 0 Å². The fourth-order valence-electron chi connectivity index (χ4n) is 3.12. The molecule has 0 saturated carbocycles. The van der Waals surface area contributed by atoms with Crippen LogP contribution in [0.1, 0.15) is 18.4 Å². The van der Waals surface area contributed by atoms with Gasteiger partial charge in [-0.15, -0.1) is 0 Å². The van der Waals surface area contributed by atoms with E-state index in [2.05, 4.69) is 0 Å². The van der Waals surface area contributed by atoms with E-state index < -0.39 is 27.1 Å². The predicted molar refractivity (Wildman–Crippen MR) is 99.7 cm³/mol. The first kappa shape index (κ1) is 23.2. The Morgan fingerprint density at radius 3 is 2.48 bits per heavy atom. The summed E-state index contributed by atoms with van der Waals surface area (Å²) in [5.74, 6) is -1.05. The Morgan fingerprint density at radius 2 is 1.93 bits per heavy atom. The number of hydrogen-bond acceptors (Lipinski definition) is 5. The van der Waals surface area contributed by atoms with Gasteiger partial charge in [0.25, 0.3) is 0 Å². The number of carbonyl (C=O) groups excluding carboxylic acids is 2. The summed E-state index contributed by atoms with van der Waals surface area (Å²) >= 11 is 1.38. The minimum atomic E-state index is -3.46. The standard InChI is InChI=1S/C17H20FNO5S.2Pb/c1-12(20)19-11-15(10-16(19)17(21)24-2)25(22,23)9-3-4-13-5-7-14(18)8-6-13;;/h1,5-8,15-16H,3-4,9-11H2,2H3;;. The van der Waals surface area contributed by atoms with Gasteiger partial charge in [0.1, 0.15) is 5.82 Å². The second-order valence-corrected chi connectivity index (χ2v) is 22.0. The number of halogens is 1. The summed E-state index contributed by atoms with van der Waals surface area (Å²) in [6.07, 6.45) is 1.02. The monoisotopic (exact) mass is 785 g/mol. The van der Waals surface area contributed by atoms with E-state index in [0.717, 1.165) is 5.56 Å². The number of benzene rings is 1. The van der Waals surface area contributed by atoms with Crippen LogP contribution in [0.2, 0.25) is 1.04 Å². The summed E-state index contributed by atoms with van der Waals surface area (Å²) in [4.78, 5) is 25.9. The Balaban J connectivity index is 2.03. The minimum absolute atomic E-state index is 0.0316. The van der Waals surface area contributed by atoms with Gasteiger partial charge in [0.2, 0.25) is 0 Å². The molecule has 27 heavy (non-hydrogen) atoms. The van der Waals surface area contributed by atoms with E-state index in [1.807, 2.05) is 0 Å². The molecule has 0 spiro atoms. The Labute approximate surface area is 190 Å². The van der Waals surface area contributed by atoms with Crippen molar-refractivity contribution in [3.05, 3.63) is 35.6 Å². The van der Waals surface area contributed by atoms with Crippen molar-refractivity contribution in [2.45, 2.75) is 31.6 Å². The van der Waals surface area contributed by atoms with E-state index in [1.165, 1.54) is 24.1 Å². The number of sulfone groups is 1. The maximum atomic E-state index is 12.9. The summed E-state index contributed by atoms with van der Waals surface area (Å²) in [6.45, 7) is 0.0540. The predicted octanol–water partition coefficient (Wildman–Crippen LogP) is 0.399. The second-order valence-electron chi connectivity index (χ2n) is 6.42. The van der Waals surface area contributed by atoms with Crippen molar-refractivity contribution in [3.63, 3.8) is 0 Å². The maximum absolute atomic E-state index is 12.9. The summed E-state index contributed by atoms with van der Waals surface area (Å²) in [6, 6.07) is 5.17. The Morgan fingerprint density at radius 1 is 1.30 bits per heavy atom. The van der Waals surface area contributed by atoms with E-state index in [-0.39, 0.29) is 31.5 Å². The molecule has 0 bridgehead atoms. The Hall–Kier alpha value is -0.116. The Bertz CT molecular complexity index is 785. The number of aryl methyl sites for hydroxylation is 1. The third-order valence-electron chi connectivity index (χ3n) is 4.58. The summed E-state index contributed by atoms with van der Waals surface area (Å²) in [7, 11) is -2.21. The quantitative estimate of drug-likeness (QED) is 0.296. The number of rotatable bonds is 7. The van der Waals surface area contributed by atoms with Crippen LogP contribution in [0.15, 0.2) is 24.3 Å². The molecular weight excluding hydrogens is 764 g/mol. The molecule has 6 radical (unpaired) electrons. The van der Waals surface area contributed by atoms with Crippen molar-refractivity contribution in [2.75, 3.05) is 19.4 Å². The van der Waals surface area contributed by atoms with Crippen molar-refractivity contribution in [1.82, 2.24) is 4.90 Å². The van der Waals surface area contributed by atoms with Crippen molar-refractivity contribution in [3.8, 4) is 0 Å². The zero-order chi connectivity index (χ0) is 20.2. The molecule has 0 aliphatic carbocycles. The van der Waals surface area contributed by atoms with Gasteiger partial charge in [-0.2, -0.15) is 0 Å². The number of ether oxygens (including phenoxy) is 1. The average molecular weight is 784 g/mol. The molecule has 2 atom stereocenters. The van der Waals surface area contributed by atoms with E-state index in [4.69, 9.17) is 4.74 Å². The molecule has 1 amide bonds. The van der Waals surface area contributed by atoms with Crippen LogP contribution in [0.3, 0.4) is 0 Å². The van der Waals surface area contributed by atoms with Gasteiger partial charge >= 0.3 is 182 Å². The van der Waals surface area contributed by atoms with Gasteiger partial charge in [0.05, 0.1) is 0 Å². The molecule has 1 aliphatic rings. The van der Waals surface area contributed by atoms with Crippen LogP contribution in [0.25, 0.3) is 0 Å². The van der Waals surface area contributed by atoms with Crippen LogP contribution in [-0.2, 0) is 30.6 Å². The number of amides is 1. The molecule has 1 aliphatic heterocycles. The van der Waals surface area contributed by atoms with Crippen LogP contribution >= 0.6 is 0 Å². The van der Waals surface area contributed by atoms with Gasteiger partial charge in [0.15, 0.2) is 0 Å². The third-order valence-corrected chi connectivity index (χ3v) is 8.72. The van der Waals surface area contributed by atoms with Crippen LogP contribution in [0.5, 0.6) is 0 Å².